The van der Waals surface area contributed by atoms with Crippen LogP contribution in [0.15, 0.2) is 36.4 Å². The number of ether oxygens (including phenoxy) is 2. The SMILES string of the molecule is C#CCC1CCC2c3ccc(OC(=O)CCC(N)C(=O)Oc4ccc5c(c4)CCC4C5CCC5C(C#C)CCC54)cc3CCC2C1CCC. The Hall–Kier alpha value is -3.54. The molecule has 2 N–H and O–H groups in total. The first-order chi connectivity index (χ1) is 23.9. The van der Waals surface area contributed by atoms with E-state index in [1.54, 1.807) is 0 Å². The Balaban J connectivity index is 0.903. The average Bonchev–Trinajstić information content (AvgIpc) is 3.55. The molecule has 5 nitrogen and oxygen atoms in total. The lowest BCUT2D eigenvalue weighted by molar-refractivity contribution is -0.137. The molecule has 5 heteroatoms. The fraction of sp³-hybridized carbons (Fsp3) is 0.591. The maximum Gasteiger partial charge on any atom is 0.328 e. The third kappa shape index (κ3) is 6.81. The number of benzene rings is 2. The molecule has 5 aliphatic rings. The highest BCUT2D eigenvalue weighted by atomic mass is 16.5. The van der Waals surface area contributed by atoms with Crippen molar-refractivity contribution in [2.24, 2.45) is 47.2 Å². The number of esters is 2. The number of aryl methyl sites for hydroxylation is 2. The number of carbonyl (C=O) groups is 2. The summed E-state index contributed by atoms with van der Waals surface area (Å²) in [5.41, 5.74) is 11.6. The lowest BCUT2D eigenvalue weighted by atomic mass is 9.58. The molecule has 3 fully saturated rings. The quantitative estimate of drug-likeness (QED) is 0.166. The van der Waals surface area contributed by atoms with Crippen LogP contribution in [-0.4, -0.2) is 18.0 Å². The molecule has 258 valence electrons. The van der Waals surface area contributed by atoms with Crippen LogP contribution >= 0.6 is 0 Å². The van der Waals surface area contributed by atoms with E-state index in [2.05, 4.69) is 30.9 Å². The predicted octanol–water partition coefficient (Wildman–Crippen LogP) is 8.52. The summed E-state index contributed by atoms with van der Waals surface area (Å²) in [5.74, 6) is 12.0. The summed E-state index contributed by atoms with van der Waals surface area (Å²) in [7, 11) is 0. The zero-order chi connectivity index (χ0) is 34.1. The van der Waals surface area contributed by atoms with Crippen LogP contribution in [-0.2, 0) is 22.4 Å². The molecule has 10 unspecified atom stereocenters. The van der Waals surface area contributed by atoms with E-state index in [4.69, 9.17) is 28.1 Å². The summed E-state index contributed by atoms with van der Waals surface area (Å²) in [6.07, 6.45) is 26.7. The highest BCUT2D eigenvalue weighted by Gasteiger charge is 2.47. The van der Waals surface area contributed by atoms with E-state index in [-0.39, 0.29) is 18.8 Å². The Bertz CT molecular complexity index is 1630. The molecule has 3 saturated carbocycles. The number of hydrogen-bond acceptors (Lipinski definition) is 5. The van der Waals surface area contributed by atoms with Gasteiger partial charge in [0, 0.05) is 18.8 Å². The van der Waals surface area contributed by atoms with Gasteiger partial charge in [0.15, 0.2) is 0 Å². The third-order valence-corrected chi connectivity index (χ3v) is 13.4. The normalized spacial score (nSPS) is 31.7. The Morgan fingerprint density at radius 2 is 1.47 bits per heavy atom. The van der Waals surface area contributed by atoms with E-state index in [1.165, 1.54) is 80.0 Å². The fourth-order valence-corrected chi connectivity index (χ4v) is 11.3. The number of rotatable bonds is 9. The third-order valence-electron chi connectivity index (χ3n) is 13.4. The van der Waals surface area contributed by atoms with Gasteiger partial charge in [0.2, 0.25) is 0 Å². The first kappa shape index (κ1) is 33.9. The van der Waals surface area contributed by atoms with E-state index < -0.39 is 12.0 Å². The molecular weight excluding hydrogens is 606 g/mol. The topological polar surface area (TPSA) is 78.6 Å². The summed E-state index contributed by atoms with van der Waals surface area (Å²) in [6, 6.07) is 11.4. The fourth-order valence-electron chi connectivity index (χ4n) is 11.3. The highest BCUT2D eigenvalue weighted by molar-refractivity contribution is 5.79. The van der Waals surface area contributed by atoms with Crippen LogP contribution in [0.5, 0.6) is 11.5 Å². The summed E-state index contributed by atoms with van der Waals surface area (Å²) in [4.78, 5) is 25.8. The van der Waals surface area contributed by atoms with E-state index in [9.17, 15) is 9.59 Å². The predicted molar refractivity (Wildman–Crippen MR) is 193 cm³/mol. The first-order valence-electron chi connectivity index (χ1n) is 19.2. The van der Waals surface area contributed by atoms with Crippen molar-refractivity contribution < 1.29 is 19.1 Å². The van der Waals surface area contributed by atoms with Gasteiger partial charge in [-0.25, -0.2) is 4.79 Å². The molecule has 7 rings (SSSR count). The zero-order valence-electron chi connectivity index (χ0n) is 29.2. The number of carbonyl (C=O) groups excluding carboxylic acids is 2. The molecule has 0 spiro atoms. The second kappa shape index (κ2) is 14.7. The summed E-state index contributed by atoms with van der Waals surface area (Å²) >= 11 is 0. The molecule has 0 radical (unpaired) electrons. The number of terminal acetylenes is 2. The molecule has 49 heavy (non-hydrogen) atoms. The molecule has 10 atom stereocenters. The van der Waals surface area contributed by atoms with Crippen LogP contribution in [0.3, 0.4) is 0 Å². The summed E-state index contributed by atoms with van der Waals surface area (Å²) in [6.45, 7) is 2.28. The minimum Gasteiger partial charge on any atom is -0.427 e. The van der Waals surface area contributed by atoms with Gasteiger partial charge < -0.3 is 15.2 Å². The highest BCUT2D eigenvalue weighted by Crippen LogP contribution is 2.57. The van der Waals surface area contributed by atoms with Gasteiger partial charge in [-0.1, -0.05) is 31.9 Å². The molecule has 0 aliphatic heterocycles. The minimum atomic E-state index is -0.907. The first-order valence-corrected chi connectivity index (χ1v) is 19.2. The number of fused-ring (bicyclic) bond motifs is 8. The van der Waals surface area contributed by atoms with Crippen molar-refractivity contribution in [2.45, 2.75) is 121 Å². The van der Waals surface area contributed by atoms with Crippen LogP contribution in [0.2, 0.25) is 0 Å². The molecule has 2 aromatic carbocycles. The van der Waals surface area contributed by atoms with E-state index in [0.29, 0.717) is 58.8 Å². The maximum absolute atomic E-state index is 12.9. The van der Waals surface area contributed by atoms with Crippen LogP contribution < -0.4 is 15.2 Å². The van der Waals surface area contributed by atoms with Crippen molar-refractivity contribution in [3.63, 3.8) is 0 Å². The van der Waals surface area contributed by atoms with Gasteiger partial charge >= 0.3 is 11.9 Å². The van der Waals surface area contributed by atoms with Crippen molar-refractivity contribution in [3.8, 4) is 36.2 Å². The minimum absolute atomic E-state index is 0.0449. The lowest BCUT2D eigenvalue weighted by Crippen LogP contribution is -2.36. The Morgan fingerprint density at radius 3 is 2.16 bits per heavy atom. The Morgan fingerprint density at radius 1 is 0.816 bits per heavy atom. The van der Waals surface area contributed by atoms with Crippen LogP contribution in [0.25, 0.3) is 0 Å². The van der Waals surface area contributed by atoms with Gasteiger partial charge in [0.05, 0.1) is 0 Å². The molecule has 0 aromatic heterocycles. The van der Waals surface area contributed by atoms with Gasteiger partial charge in [-0.05, 0) is 164 Å². The average molecular weight is 660 g/mol. The molecule has 2 aromatic rings. The lowest BCUT2D eigenvalue weighted by Gasteiger charge is -2.46. The standard InChI is InChI=1S/C44H53NO4/c1-4-7-28-10-16-39-35-19-13-31(25-29(35)11-17-37(39)33(28)8-5-2)48-43(46)24-23-42(45)44(47)49-32-14-20-36-30(26-32)12-18-41-38-15-9-27(6-3)34(38)21-22-40(36)41/h1,3,13-14,19-20,25-28,33-34,37-42H,5,7-12,15-18,21-24,45H2,2H3. The van der Waals surface area contributed by atoms with Gasteiger partial charge in [0.25, 0.3) is 0 Å². The Labute approximate surface area is 293 Å². The number of hydrogen-bond donors (Lipinski definition) is 1. The van der Waals surface area contributed by atoms with Crippen LogP contribution in [0.4, 0.5) is 0 Å². The maximum atomic E-state index is 12.9. The monoisotopic (exact) mass is 659 g/mol. The smallest absolute Gasteiger partial charge is 0.328 e. The second-order valence-corrected chi connectivity index (χ2v) is 15.8. The van der Waals surface area contributed by atoms with E-state index in [0.717, 1.165) is 31.6 Å². The molecule has 5 aliphatic carbocycles. The summed E-state index contributed by atoms with van der Waals surface area (Å²) in [5, 5.41) is 0. The van der Waals surface area contributed by atoms with Crippen molar-refractivity contribution >= 4 is 11.9 Å². The van der Waals surface area contributed by atoms with Crippen molar-refractivity contribution in [3.05, 3.63) is 58.7 Å². The van der Waals surface area contributed by atoms with Gasteiger partial charge in [-0.15, -0.1) is 24.7 Å². The van der Waals surface area contributed by atoms with Crippen molar-refractivity contribution in [1.82, 2.24) is 0 Å². The summed E-state index contributed by atoms with van der Waals surface area (Å²) < 4.78 is 11.5. The second-order valence-electron chi connectivity index (χ2n) is 15.8. The molecule has 0 saturated heterocycles. The molecule has 0 amide bonds. The van der Waals surface area contributed by atoms with Gasteiger partial charge in [-0.2, -0.15) is 0 Å². The van der Waals surface area contributed by atoms with Gasteiger partial charge in [0.1, 0.15) is 17.5 Å². The van der Waals surface area contributed by atoms with Crippen molar-refractivity contribution in [2.75, 3.05) is 0 Å². The van der Waals surface area contributed by atoms with Gasteiger partial charge in [-0.3, -0.25) is 4.79 Å². The molecule has 0 heterocycles. The zero-order valence-corrected chi connectivity index (χ0v) is 29.2. The number of nitrogens with two attached hydrogens (primary N) is 1. The van der Waals surface area contributed by atoms with E-state index >= 15 is 0 Å². The van der Waals surface area contributed by atoms with Crippen molar-refractivity contribution in [1.29, 1.82) is 0 Å². The molecule has 0 bridgehead atoms. The largest absolute Gasteiger partial charge is 0.427 e. The Kier molecular flexibility index (Phi) is 10.2. The van der Waals surface area contributed by atoms with E-state index in [1.807, 2.05) is 24.3 Å². The van der Waals surface area contributed by atoms with Crippen LogP contribution in [0.1, 0.15) is 124 Å². The van der Waals surface area contributed by atoms with Crippen LogP contribution in [0, 0.1) is 66.1 Å². The molecular formula is C44H53NO4.